The van der Waals surface area contributed by atoms with E-state index in [4.69, 9.17) is 27.9 Å². The molecule has 0 atom stereocenters. The topological polar surface area (TPSA) is 113 Å². The zero-order chi connectivity index (χ0) is 30.1. The normalized spacial score (nSPS) is 16.0. The summed E-state index contributed by atoms with van der Waals surface area (Å²) in [7, 11) is -6.48. The lowest BCUT2D eigenvalue weighted by Crippen LogP contribution is -2.45. The molecule has 0 aromatic heterocycles. The Morgan fingerprint density at radius 2 is 1.64 bits per heavy atom. The van der Waals surface area contributed by atoms with Crippen molar-refractivity contribution < 1.29 is 26.4 Å². The standard InChI is InChI=1S/C29H31Cl2N3O6S2/c1-40-28-14-13-25(18-26(28)31)42(38,39)34(23-5-3-2-4-6-23)19-29(35)32-22-10-7-20-15-16-33(27(20)17-22)41(36,37)24-11-8-21(30)9-12-24/h7-14,17-18,23H,2-6,15-16,19H2,1H3,(H,32,35). The number of carbonyl (C=O) groups is 1. The zero-order valence-corrected chi connectivity index (χ0v) is 26.1. The van der Waals surface area contributed by atoms with Gasteiger partial charge in [0.2, 0.25) is 15.9 Å². The predicted molar refractivity (Wildman–Crippen MR) is 164 cm³/mol. The molecule has 5 rings (SSSR count). The van der Waals surface area contributed by atoms with E-state index in [1.54, 1.807) is 18.2 Å². The lowest BCUT2D eigenvalue weighted by Gasteiger charge is -2.33. The second kappa shape index (κ2) is 12.4. The predicted octanol–water partition coefficient (Wildman–Crippen LogP) is 5.72. The van der Waals surface area contributed by atoms with E-state index in [2.05, 4.69) is 5.32 Å². The third kappa shape index (κ3) is 6.26. The fourth-order valence-electron chi connectivity index (χ4n) is 5.48. The molecule has 1 fully saturated rings. The number of hydrogen-bond donors (Lipinski definition) is 1. The minimum atomic E-state index is -4.07. The number of nitrogens with zero attached hydrogens (tertiary/aromatic N) is 2. The van der Waals surface area contributed by atoms with Crippen molar-refractivity contribution in [2.24, 2.45) is 0 Å². The summed E-state index contributed by atoms with van der Waals surface area (Å²) >= 11 is 12.2. The zero-order valence-electron chi connectivity index (χ0n) is 22.9. The van der Waals surface area contributed by atoms with Crippen molar-refractivity contribution in [3.8, 4) is 5.75 Å². The Morgan fingerprint density at radius 3 is 2.31 bits per heavy atom. The second-order valence-corrected chi connectivity index (χ2v) is 14.9. The average Bonchev–Trinajstić information content (AvgIpc) is 3.41. The van der Waals surface area contributed by atoms with Crippen LogP contribution in [0.3, 0.4) is 0 Å². The molecule has 3 aromatic carbocycles. The number of methoxy groups -OCH3 is 1. The fourth-order valence-corrected chi connectivity index (χ4v) is 9.09. The maximum atomic E-state index is 13.8. The molecule has 0 saturated heterocycles. The van der Waals surface area contributed by atoms with Crippen LogP contribution < -0.4 is 14.4 Å². The van der Waals surface area contributed by atoms with Gasteiger partial charge in [0.25, 0.3) is 10.0 Å². The monoisotopic (exact) mass is 651 g/mol. The van der Waals surface area contributed by atoms with Crippen molar-refractivity contribution in [1.29, 1.82) is 0 Å². The number of nitrogens with one attached hydrogen (secondary N) is 1. The van der Waals surface area contributed by atoms with Gasteiger partial charge in [-0.1, -0.05) is 48.5 Å². The summed E-state index contributed by atoms with van der Waals surface area (Å²) in [4.78, 5) is 13.4. The van der Waals surface area contributed by atoms with Crippen LogP contribution in [0.4, 0.5) is 11.4 Å². The quantitative estimate of drug-likeness (QED) is 0.317. The molecule has 1 heterocycles. The van der Waals surface area contributed by atoms with E-state index < -0.39 is 32.5 Å². The van der Waals surface area contributed by atoms with E-state index >= 15 is 0 Å². The highest BCUT2D eigenvalue weighted by atomic mass is 35.5. The molecule has 3 aromatic rings. The maximum Gasteiger partial charge on any atom is 0.264 e. The minimum Gasteiger partial charge on any atom is -0.495 e. The molecule has 1 saturated carbocycles. The van der Waals surface area contributed by atoms with Gasteiger partial charge in [-0.15, -0.1) is 0 Å². The lowest BCUT2D eigenvalue weighted by molar-refractivity contribution is -0.116. The van der Waals surface area contributed by atoms with E-state index in [0.717, 1.165) is 24.8 Å². The Bertz CT molecular complexity index is 1690. The molecule has 9 nitrogen and oxygen atoms in total. The van der Waals surface area contributed by atoms with Gasteiger partial charge in [0.05, 0.1) is 34.2 Å². The van der Waals surface area contributed by atoms with Gasteiger partial charge in [-0.2, -0.15) is 4.31 Å². The van der Waals surface area contributed by atoms with Crippen molar-refractivity contribution in [2.45, 2.75) is 54.4 Å². The van der Waals surface area contributed by atoms with Crippen LogP contribution >= 0.6 is 23.2 Å². The Balaban J connectivity index is 1.38. The van der Waals surface area contributed by atoms with E-state index in [9.17, 15) is 21.6 Å². The summed E-state index contributed by atoms with van der Waals surface area (Å²) in [5, 5.41) is 3.37. The van der Waals surface area contributed by atoms with E-state index in [-0.39, 0.29) is 27.4 Å². The number of sulfonamides is 2. The molecule has 224 valence electrons. The first-order valence-electron chi connectivity index (χ1n) is 13.6. The summed E-state index contributed by atoms with van der Waals surface area (Å²) < 4.78 is 62.1. The van der Waals surface area contributed by atoms with Gasteiger partial charge in [0, 0.05) is 23.3 Å². The van der Waals surface area contributed by atoms with Gasteiger partial charge >= 0.3 is 0 Å². The van der Waals surface area contributed by atoms with Crippen LogP contribution in [-0.2, 0) is 31.3 Å². The number of carbonyl (C=O) groups excluding carboxylic acids is 1. The van der Waals surface area contributed by atoms with Crippen molar-refractivity contribution in [3.63, 3.8) is 0 Å². The molecule has 1 amide bonds. The van der Waals surface area contributed by atoms with E-state index in [1.165, 1.54) is 58.2 Å². The first-order chi connectivity index (χ1) is 20.0. The third-order valence-electron chi connectivity index (χ3n) is 7.63. The number of amides is 1. The summed E-state index contributed by atoms with van der Waals surface area (Å²) in [6, 6.07) is 14.9. The maximum absolute atomic E-state index is 13.8. The van der Waals surface area contributed by atoms with Gasteiger partial charge < -0.3 is 10.1 Å². The van der Waals surface area contributed by atoms with Crippen molar-refractivity contribution in [1.82, 2.24) is 4.31 Å². The summed E-state index contributed by atoms with van der Waals surface area (Å²) in [6.45, 7) is -0.143. The van der Waals surface area contributed by atoms with Crippen LogP contribution in [0.5, 0.6) is 5.75 Å². The van der Waals surface area contributed by atoms with E-state index in [1.807, 2.05) is 0 Å². The molecule has 0 spiro atoms. The number of ether oxygens (including phenoxy) is 1. The largest absolute Gasteiger partial charge is 0.495 e. The molecule has 0 unspecified atom stereocenters. The molecule has 1 aliphatic carbocycles. The Morgan fingerprint density at radius 1 is 0.952 bits per heavy atom. The number of benzene rings is 3. The minimum absolute atomic E-state index is 0.0211. The van der Waals surface area contributed by atoms with Crippen molar-refractivity contribution in [2.75, 3.05) is 29.8 Å². The lowest BCUT2D eigenvalue weighted by atomic mass is 9.95. The van der Waals surface area contributed by atoms with Crippen LogP contribution in [0.2, 0.25) is 10.0 Å². The van der Waals surface area contributed by atoms with Crippen LogP contribution in [0.25, 0.3) is 0 Å². The molecular weight excluding hydrogens is 621 g/mol. The first kappa shape index (κ1) is 30.6. The molecule has 1 aliphatic heterocycles. The smallest absolute Gasteiger partial charge is 0.264 e. The van der Waals surface area contributed by atoms with Crippen LogP contribution in [0, 0.1) is 0 Å². The number of fused-ring (bicyclic) bond motifs is 1. The molecule has 2 aliphatic rings. The highest BCUT2D eigenvalue weighted by Crippen LogP contribution is 2.36. The Kier molecular flexibility index (Phi) is 9.05. The van der Waals surface area contributed by atoms with Gasteiger partial charge in [0.15, 0.2) is 0 Å². The SMILES string of the molecule is COc1ccc(S(=O)(=O)N(CC(=O)Nc2ccc3c(c2)N(S(=O)(=O)c2ccc(Cl)cc2)CC3)C2CCCCC2)cc1Cl. The fraction of sp³-hybridized carbons (Fsp3) is 0.345. The first-order valence-corrected chi connectivity index (χ1v) is 17.2. The Labute approximate surface area is 256 Å². The second-order valence-electron chi connectivity index (χ2n) is 10.3. The van der Waals surface area contributed by atoms with Crippen molar-refractivity contribution in [3.05, 3.63) is 76.3 Å². The number of hydrogen-bond acceptors (Lipinski definition) is 6. The van der Waals surface area contributed by atoms with Crippen LogP contribution in [0.1, 0.15) is 37.7 Å². The van der Waals surface area contributed by atoms with Gasteiger partial charge in [-0.25, -0.2) is 16.8 Å². The van der Waals surface area contributed by atoms with Gasteiger partial charge in [0.1, 0.15) is 5.75 Å². The van der Waals surface area contributed by atoms with Gasteiger partial charge in [-0.3, -0.25) is 9.10 Å². The molecule has 0 bridgehead atoms. The molecule has 0 radical (unpaired) electrons. The summed E-state index contributed by atoms with van der Waals surface area (Å²) in [6.07, 6.45) is 4.55. The molecule has 13 heteroatoms. The van der Waals surface area contributed by atoms with Crippen LogP contribution in [0.15, 0.2) is 70.5 Å². The molecule has 1 N–H and O–H groups in total. The molecule has 42 heavy (non-hydrogen) atoms. The van der Waals surface area contributed by atoms with Crippen molar-refractivity contribution >= 4 is 60.5 Å². The number of halogens is 2. The van der Waals surface area contributed by atoms with E-state index in [0.29, 0.717) is 41.4 Å². The highest BCUT2D eigenvalue weighted by Gasteiger charge is 2.35. The number of rotatable bonds is 9. The average molecular weight is 653 g/mol. The molecular formula is C29H31Cl2N3O6S2. The summed E-state index contributed by atoms with van der Waals surface area (Å²) in [5.74, 6) is -0.185. The third-order valence-corrected chi connectivity index (χ3v) is 11.9. The highest BCUT2D eigenvalue weighted by molar-refractivity contribution is 7.92. The van der Waals surface area contributed by atoms with Gasteiger partial charge in [-0.05, 0) is 79.4 Å². The Hall–Kier alpha value is -2.83. The van der Waals surface area contributed by atoms with Crippen LogP contribution in [-0.4, -0.2) is 53.3 Å². The number of anilines is 2. The summed E-state index contributed by atoms with van der Waals surface area (Å²) in [5.41, 5.74) is 1.66.